The molecule has 0 N–H and O–H groups in total. The zero-order valence-electron chi connectivity index (χ0n) is 8.69. The Bertz CT molecular complexity index is 526. The van der Waals surface area contributed by atoms with E-state index < -0.39 is 0 Å². The molecule has 0 spiro atoms. The second kappa shape index (κ2) is 2.63. The Morgan fingerprint density at radius 1 is 1.27 bits per heavy atom. The second-order valence-corrected chi connectivity index (χ2v) is 4.85. The molecule has 0 saturated heterocycles. The molecular formula is C13H14N2. The minimum absolute atomic E-state index is 0.778. The van der Waals surface area contributed by atoms with Crippen molar-refractivity contribution in [2.45, 2.75) is 31.7 Å². The van der Waals surface area contributed by atoms with E-state index in [9.17, 15) is 0 Å². The van der Waals surface area contributed by atoms with Crippen molar-refractivity contribution in [1.29, 1.82) is 0 Å². The van der Waals surface area contributed by atoms with E-state index in [-0.39, 0.29) is 0 Å². The molecule has 2 unspecified atom stereocenters. The predicted octanol–water partition coefficient (Wildman–Crippen LogP) is 2.93. The van der Waals surface area contributed by atoms with Gasteiger partial charge in [0.05, 0.1) is 11.0 Å². The van der Waals surface area contributed by atoms with Gasteiger partial charge in [0.15, 0.2) is 0 Å². The lowest BCUT2D eigenvalue weighted by molar-refractivity contribution is 0.609. The summed E-state index contributed by atoms with van der Waals surface area (Å²) in [5.41, 5.74) is 2.51. The third kappa shape index (κ3) is 1.02. The van der Waals surface area contributed by atoms with Gasteiger partial charge in [0.25, 0.3) is 0 Å². The van der Waals surface area contributed by atoms with Crippen molar-refractivity contribution in [1.82, 2.24) is 9.55 Å². The van der Waals surface area contributed by atoms with E-state index in [0.29, 0.717) is 0 Å². The van der Waals surface area contributed by atoms with Crippen LogP contribution in [0.3, 0.4) is 0 Å². The molecular weight excluding hydrogens is 184 g/mol. The molecule has 15 heavy (non-hydrogen) atoms. The van der Waals surface area contributed by atoms with Crippen molar-refractivity contribution in [2.24, 2.45) is 5.92 Å². The maximum atomic E-state index is 4.80. The lowest BCUT2D eigenvalue weighted by Gasteiger charge is -2.04. The van der Waals surface area contributed by atoms with E-state index in [0.717, 1.165) is 11.8 Å². The first-order valence-corrected chi connectivity index (χ1v) is 5.88. The number of fused-ring (bicyclic) bond motifs is 5. The number of aryl methyl sites for hydroxylation is 1. The summed E-state index contributed by atoms with van der Waals surface area (Å²) in [6, 6.07) is 8.54. The Balaban J connectivity index is 2.01. The van der Waals surface area contributed by atoms with Gasteiger partial charge in [0.1, 0.15) is 5.82 Å². The highest BCUT2D eigenvalue weighted by Crippen LogP contribution is 2.51. The smallest absolute Gasteiger partial charge is 0.113 e. The second-order valence-electron chi connectivity index (χ2n) is 4.85. The van der Waals surface area contributed by atoms with Crippen LogP contribution in [0.1, 0.15) is 31.0 Å². The molecule has 2 heteroatoms. The number of aromatic nitrogens is 2. The largest absolute Gasteiger partial charge is 0.328 e. The fourth-order valence-electron chi connectivity index (χ4n) is 3.01. The average molecular weight is 198 g/mol. The molecule has 4 rings (SSSR count). The summed E-state index contributed by atoms with van der Waals surface area (Å²) in [7, 11) is 0. The van der Waals surface area contributed by atoms with Gasteiger partial charge in [-0.15, -0.1) is 0 Å². The maximum Gasteiger partial charge on any atom is 0.113 e. The van der Waals surface area contributed by atoms with Crippen LogP contribution in [-0.2, 0) is 6.54 Å². The van der Waals surface area contributed by atoms with Crippen LogP contribution in [0.2, 0.25) is 0 Å². The van der Waals surface area contributed by atoms with Crippen LogP contribution in [0, 0.1) is 5.92 Å². The van der Waals surface area contributed by atoms with E-state index in [2.05, 4.69) is 28.8 Å². The average Bonchev–Trinajstić information content (AvgIpc) is 2.96. The first-order valence-electron chi connectivity index (χ1n) is 5.88. The molecule has 1 fully saturated rings. The number of benzene rings is 1. The molecule has 1 aromatic heterocycles. The third-order valence-corrected chi connectivity index (χ3v) is 3.89. The monoisotopic (exact) mass is 198 g/mol. The number of hydrogen-bond acceptors (Lipinski definition) is 1. The molecule has 2 heterocycles. The fraction of sp³-hybridized carbons (Fsp3) is 0.462. The van der Waals surface area contributed by atoms with E-state index >= 15 is 0 Å². The maximum absolute atomic E-state index is 4.80. The molecule has 76 valence electrons. The number of nitrogens with zero attached hydrogens (tertiary/aromatic N) is 2. The summed E-state index contributed by atoms with van der Waals surface area (Å²) in [5.74, 6) is 3.08. The highest BCUT2D eigenvalue weighted by molar-refractivity contribution is 5.76. The molecule has 2 nitrogen and oxygen atoms in total. The highest BCUT2D eigenvalue weighted by Gasteiger charge is 2.42. The molecule has 2 aromatic rings. The lowest BCUT2D eigenvalue weighted by Crippen LogP contribution is -2.00. The van der Waals surface area contributed by atoms with E-state index in [1.807, 2.05) is 0 Å². The van der Waals surface area contributed by atoms with Gasteiger partial charge in [-0.2, -0.15) is 0 Å². The minimum atomic E-state index is 0.778. The molecule has 1 saturated carbocycles. The molecule has 0 amide bonds. The van der Waals surface area contributed by atoms with Crippen molar-refractivity contribution in [3.05, 3.63) is 30.1 Å². The van der Waals surface area contributed by atoms with Gasteiger partial charge in [-0.3, -0.25) is 0 Å². The van der Waals surface area contributed by atoms with Gasteiger partial charge in [-0.05, 0) is 37.3 Å². The lowest BCUT2D eigenvalue weighted by atomic mass is 10.2. The van der Waals surface area contributed by atoms with Crippen LogP contribution in [0.5, 0.6) is 0 Å². The Morgan fingerprint density at radius 2 is 2.20 bits per heavy atom. The van der Waals surface area contributed by atoms with Gasteiger partial charge >= 0.3 is 0 Å². The van der Waals surface area contributed by atoms with Gasteiger partial charge in [-0.25, -0.2) is 4.98 Å². The Morgan fingerprint density at radius 3 is 3.20 bits per heavy atom. The zero-order chi connectivity index (χ0) is 9.83. The first-order chi connectivity index (χ1) is 7.43. The van der Waals surface area contributed by atoms with Gasteiger partial charge in [0.2, 0.25) is 0 Å². The normalized spacial score (nSPS) is 28.3. The van der Waals surface area contributed by atoms with Crippen molar-refractivity contribution in [3.63, 3.8) is 0 Å². The summed E-state index contributed by atoms with van der Waals surface area (Å²) in [6.45, 7) is 1.17. The summed E-state index contributed by atoms with van der Waals surface area (Å²) in [5, 5.41) is 0. The molecule has 1 aromatic carbocycles. The van der Waals surface area contributed by atoms with Gasteiger partial charge in [-0.1, -0.05) is 12.1 Å². The summed E-state index contributed by atoms with van der Waals surface area (Å²) in [4.78, 5) is 4.80. The molecule has 1 aliphatic carbocycles. The minimum Gasteiger partial charge on any atom is -0.328 e. The number of imidazole rings is 1. The molecule has 2 atom stereocenters. The molecule has 2 aliphatic rings. The third-order valence-electron chi connectivity index (χ3n) is 3.89. The topological polar surface area (TPSA) is 17.8 Å². The highest BCUT2D eigenvalue weighted by atomic mass is 15.1. The summed E-state index contributed by atoms with van der Waals surface area (Å²) >= 11 is 0. The number of hydrogen-bond donors (Lipinski definition) is 0. The molecule has 0 bridgehead atoms. The van der Waals surface area contributed by atoms with Crippen molar-refractivity contribution in [2.75, 3.05) is 0 Å². The molecule has 0 radical (unpaired) electrons. The number of para-hydroxylation sites is 2. The van der Waals surface area contributed by atoms with E-state index in [1.165, 1.54) is 42.7 Å². The number of rotatable bonds is 0. The van der Waals surface area contributed by atoms with E-state index in [1.54, 1.807) is 0 Å². The Kier molecular flexibility index (Phi) is 1.39. The van der Waals surface area contributed by atoms with Crippen molar-refractivity contribution in [3.8, 4) is 0 Å². The van der Waals surface area contributed by atoms with Crippen LogP contribution in [0.25, 0.3) is 11.0 Å². The van der Waals surface area contributed by atoms with Crippen LogP contribution >= 0.6 is 0 Å². The summed E-state index contributed by atoms with van der Waals surface area (Å²) < 4.78 is 2.45. The van der Waals surface area contributed by atoms with Gasteiger partial charge in [0, 0.05) is 12.5 Å². The Labute approximate surface area is 88.9 Å². The first kappa shape index (κ1) is 7.91. The Hall–Kier alpha value is -1.31. The van der Waals surface area contributed by atoms with Crippen LogP contribution < -0.4 is 0 Å². The zero-order valence-corrected chi connectivity index (χ0v) is 8.69. The SMILES string of the molecule is c1ccc2c(c1)nc1n2CCCC2CC12. The van der Waals surface area contributed by atoms with Crippen molar-refractivity contribution >= 4 is 11.0 Å². The molecule has 1 aliphatic heterocycles. The van der Waals surface area contributed by atoms with E-state index in [4.69, 9.17) is 4.98 Å². The van der Waals surface area contributed by atoms with Gasteiger partial charge < -0.3 is 4.57 Å². The predicted molar refractivity (Wildman–Crippen MR) is 59.8 cm³/mol. The fourth-order valence-corrected chi connectivity index (χ4v) is 3.01. The quantitative estimate of drug-likeness (QED) is 0.636. The van der Waals surface area contributed by atoms with Crippen LogP contribution in [0.4, 0.5) is 0 Å². The van der Waals surface area contributed by atoms with Crippen molar-refractivity contribution < 1.29 is 0 Å². The summed E-state index contributed by atoms with van der Waals surface area (Å²) in [6.07, 6.45) is 4.11. The van der Waals surface area contributed by atoms with Crippen LogP contribution in [-0.4, -0.2) is 9.55 Å². The standard InChI is InChI=1S/C13H14N2/c1-2-6-12-11(5-1)14-13-10-8-9(10)4-3-7-15(12)13/h1-2,5-6,9-10H,3-4,7-8H2. The van der Waals surface area contributed by atoms with Crippen LogP contribution in [0.15, 0.2) is 24.3 Å².